The fraction of sp³-hybridized carbons (Fsp3) is 0.0909. The van der Waals surface area contributed by atoms with Crippen molar-refractivity contribution in [1.29, 1.82) is 0 Å². The highest BCUT2D eigenvalue weighted by atomic mass is 35.5. The largest absolute Gasteiger partial charge is 0.383 e. The molecule has 0 unspecified atom stereocenters. The number of rotatable bonds is 3. The van der Waals surface area contributed by atoms with Gasteiger partial charge in [0.2, 0.25) is 5.76 Å². The number of aromatic nitrogens is 1. The van der Waals surface area contributed by atoms with E-state index in [0.29, 0.717) is 0 Å². The molecule has 1 amide bonds. The lowest BCUT2D eigenvalue weighted by Crippen LogP contribution is -2.17. The van der Waals surface area contributed by atoms with Crippen LogP contribution in [0.15, 0.2) is 28.8 Å². The van der Waals surface area contributed by atoms with Crippen LogP contribution in [0.2, 0.25) is 0 Å². The van der Waals surface area contributed by atoms with Gasteiger partial charge in [0.1, 0.15) is 17.1 Å². The summed E-state index contributed by atoms with van der Waals surface area (Å²) >= 11 is 4.80. The maximum atomic E-state index is 13.0. The molecule has 100 valence electrons. The standard InChI is InChI=1S/C11H6ClF3N2O2/c12-11(14,15)9-7(10(16)18)8(17-19-9)5-1-3-6(13)4-2-5/h1-4H,(H2,16,18). The molecule has 0 radical (unpaired) electrons. The topological polar surface area (TPSA) is 69.1 Å². The zero-order valence-corrected chi connectivity index (χ0v) is 9.92. The van der Waals surface area contributed by atoms with Crippen molar-refractivity contribution in [3.63, 3.8) is 0 Å². The van der Waals surface area contributed by atoms with Crippen LogP contribution in [0.3, 0.4) is 0 Å². The first kappa shape index (κ1) is 13.4. The predicted octanol–water partition coefficient (Wildman–Crippen LogP) is 2.87. The van der Waals surface area contributed by atoms with Gasteiger partial charge >= 0.3 is 5.38 Å². The summed E-state index contributed by atoms with van der Waals surface area (Å²) in [5.41, 5.74) is 4.37. The number of carbonyl (C=O) groups is 1. The van der Waals surface area contributed by atoms with E-state index in [0.717, 1.165) is 12.1 Å². The van der Waals surface area contributed by atoms with Gasteiger partial charge < -0.3 is 10.3 Å². The molecular formula is C11H6ClF3N2O2. The van der Waals surface area contributed by atoms with Gasteiger partial charge in [-0.3, -0.25) is 4.79 Å². The number of primary amides is 1. The molecule has 0 fully saturated rings. The van der Waals surface area contributed by atoms with E-state index in [2.05, 4.69) is 9.68 Å². The lowest BCUT2D eigenvalue weighted by Gasteiger charge is -2.04. The molecule has 0 saturated carbocycles. The molecule has 19 heavy (non-hydrogen) atoms. The molecule has 2 rings (SSSR count). The van der Waals surface area contributed by atoms with Crippen LogP contribution in [0.1, 0.15) is 16.1 Å². The van der Waals surface area contributed by atoms with Crippen molar-refractivity contribution in [2.45, 2.75) is 5.38 Å². The zero-order chi connectivity index (χ0) is 14.2. The van der Waals surface area contributed by atoms with E-state index in [1.54, 1.807) is 0 Å². The monoisotopic (exact) mass is 290 g/mol. The van der Waals surface area contributed by atoms with Gasteiger partial charge in [0.25, 0.3) is 5.91 Å². The zero-order valence-electron chi connectivity index (χ0n) is 9.16. The first-order chi connectivity index (χ1) is 8.80. The van der Waals surface area contributed by atoms with E-state index in [-0.39, 0.29) is 11.3 Å². The summed E-state index contributed by atoms with van der Waals surface area (Å²) in [6.07, 6.45) is 0. The summed E-state index contributed by atoms with van der Waals surface area (Å²) in [5.74, 6) is -2.84. The average Bonchev–Trinajstić information content (AvgIpc) is 2.74. The van der Waals surface area contributed by atoms with Crippen molar-refractivity contribution in [3.8, 4) is 11.3 Å². The number of nitrogens with zero attached hydrogens (tertiary/aromatic N) is 1. The summed E-state index contributed by atoms with van der Waals surface area (Å²) in [6.45, 7) is 0. The Morgan fingerprint density at radius 2 is 1.89 bits per heavy atom. The number of halogens is 4. The number of benzene rings is 1. The maximum Gasteiger partial charge on any atom is 0.383 e. The number of alkyl halides is 3. The van der Waals surface area contributed by atoms with Crippen LogP contribution in [-0.2, 0) is 5.38 Å². The predicted molar refractivity (Wildman–Crippen MR) is 60.2 cm³/mol. The lowest BCUT2D eigenvalue weighted by molar-refractivity contribution is 0.0587. The molecule has 2 N–H and O–H groups in total. The summed E-state index contributed by atoms with van der Waals surface area (Å²) in [7, 11) is 0. The van der Waals surface area contributed by atoms with E-state index in [1.807, 2.05) is 0 Å². The Hall–Kier alpha value is -2.02. The van der Waals surface area contributed by atoms with Gasteiger partial charge in [0, 0.05) is 5.56 Å². The van der Waals surface area contributed by atoms with Crippen LogP contribution in [0, 0.1) is 5.82 Å². The molecule has 1 aromatic carbocycles. The number of nitrogens with two attached hydrogens (primary N) is 1. The Labute approximate surface area is 109 Å². The van der Waals surface area contributed by atoms with E-state index in [9.17, 15) is 18.0 Å². The minimum absolute atomic E-state index is 0.200. The van der Waals surface area contributed by atoms with Gasteiger partial charge in [-0.1, -0.05) is 5.16 Å². The van der Waals surface area contributed by atoms with Gasteiger partial charge in [0.15, 0.2) is 0 Å². The molecule has 0 aliphatic heterocycles. The number of hydrogen-bond donors (Lipinski definition) is 1. The molecule has 0 aliphatic rings. The molecule has 2 aromatic rings. The smallest absolute Gasteiger partial charge is 0.365 e. The second kappa shape index (κ2) is 4.58. The van der Waals surface area contributed by atoms with Gasteiger partial charge in [-0.15, -0.1) is 0 Å². The Kier molecular flexibility index (Phi) is 3.23. The number of hydrogen-bond acceptors (Lipinski definition) is 3. The molecule has 0 spiro atoms. The van der Waals surface area contributed by atoms with Gasteiger partial charge in [-0.2, -0.15) is 8.78 Å². The third-order valence-electron chi connectivity index (χ3n) is 2.31. The van der Waals surface area contributed by atoms with Crippen LogP contribution >= 0.6 is 11.6 Å². The van der Waals surface area contributed by atoms with Crippen molar-refractivity contribution in [2.24, 2.45) is 5.73 Å². The molecular weight excluding hydrogens is 285 g/mol. The second-order valence-corrected chi connectivity index (χ2v) is 4.08. The molecule has 0 bridgehead atoms. The summed E-state index contributed by atoms with van der Waals surface area (Å²) in [6, 6.07) is 4.64. The molecule has 4 nitrogen and oxygen atoms in total. The first-order valence-corrected chi connectivity index (χ1v) is 5.31. The highest BCUT2D eigenvalue weighted by Crippen LogP contribution is 2.38. The Balaban J connectivity index is 2.62. The molecule has 1 aromatic heterocycles. The average molecular weight is 291 g/mol. The molecule has 8 heteroatoms. The normalized spacial score (nSPS) is 11.6. The molecule has 0 saturated heterocycles. The molecule has 1 heterocycles. The van der Waals surface area contributed by atoms with E-state index in [1.165, 1.54) is 12.1 Å². The minimum Gasteiger partial charge on any atom is -0.365 e. The third-order valence-corrected chi connectivity index (χ3v) is 2.49. The van der Waals surface area contributed by atoms with E-state index in [4.69, 9.17) is 17.3 Å². The Morgan fingerprint density at radius 3 is 2.37 bits per heavy atom. The second-order valence-electron chi connectivity index (χ2n) is 3.60. The fourth-order valence-electron chi connectivity index (χ4n) is 1.52. The van der Waals surface area contributed by atoms with E-state index < -0.39 is 28.4 Å². The van der Waals surface area contributed by atoms with Crippen molar-refractivity contribution in [3.05, 3.63) is 41.4 Å². The summed E-state index contributed by atoms with van der Waals surface area (Å²) in [5, 5.41) is -0.580. The van der Waals surface area contributed by atoms with Crippen molar-refractivity contribution in [1.82, 2.24) is 5.16 Å². The lowest BCUT2D eigenvalue weighted by atomic mass is 10.1. The van der Waals surface area contributed by atoms with Gasteiger partial charge in [-0.05, 0) is 35.9 Å². The van der Waals surface area contributed by atoms with Crippen molar-refractivity contribution >= 4 is 17.5 Å². The van der Waals surface area contributed by atoms with Crippen LogP contribution in [0.5, 0.6) is 0 Å². The number of amides is 1. The first-order valence-electron chi connectivity index (χ1n) is 4.93. The van der Waals surface area contributed by atoms with Crippen LogP contribution in [0.25, 0.3) is 11.3 Å². The minimum atomic E-state index is -3.92. The summed E-state index contributed by atoms with van der Waals surface area (Å²) < 4.78 is 43.2. The summed E-state index contributed by atoms with van der Waals surface area (Å²) in [4.78, 5) is 11.2. The Bertz CT molecular complexity index is 620. The third kappa shape index (κ3) is 2.55. The van der Waals surface area contributed by atoms with Gasteiger partial charge in [0.05, 0.1) is 0 Å². The Morgan fingerprint density at radius 1 is 1.32 bits per heavy atom. The molecule has 0 atom stereocenters. The van der Waals surface area contributed by atoms with Crippen LogP contribution in [0.4, 0.5) is 13.2 Å². The van der Waals surface area contributed by atoms with Gasteiger partial charge in [-0.25, -0.2) is 4.39 Å². The quantitative estimate of drug-likeness (QED) is 0.884. The van der Waals surface area contributed by atoms with Crippen molar-refractivity contribution < 1.29 is 22.5 Å². The highest BCUT2D eigenvalue weighted by molar-refractivity contribution is 6.22. The maximum absolute atomic E-state index is 13.0. The van der Waals surface area contributed by atoms with Crippen LogP contribution < -0.4 is 5.73 Å². The van der Waals surface area contributed by atoms with E-state index >= 15 is 0 Å². The fourth-order valence-corrected chi connectivity index (χ4v) is 1.65. The van der Waals surface area contributed by atoms with Crippen molar-refractivity contribution in [2.75, 3.05) is 0 Å². The molecule has 0 aliphatic carbocycles. The highest BCUT2D eigenvalue weighted by Gasteiger charge is 2.40. The SMILES string of the molecule is NC(=O)c1c(-c2ccc(F)cc2)noc1C(F)(F)Cl. The number of carbonyl (C=O) groups excluding carboxylic acids is 1. The van der Waals surface area contributed by atoms with Crippen LogP contribution in [-0.4, -0.2) is 11.1 Å².